The van der Waals surface area contributed by atoms with Crippen LogP contribution in [0.2, 0.25) is 0 Å². The van der Waals surface area contributed by atoms with Crippen LogP contribution in [0.15, 0.2) is 40.2 Å². The van der Waals surface area contributed by atoms with Crippen LogP contribution in [0.25, 0.3) is 0 Å². The zero-order valence-corrected chi connectivity index (χ0v) is 13.6. The first-order chi connectivity index (χ1) is 9.15. The predicted molar refractivity (Wildman–Crippen MR) is 85.0 cm³/mol. The van der Waals surface area contributed by atoms with Crippen molar-refractivity contribution in [2.75, 3.05) is 6.54 Å². The molecule has 1 atom stereocenters. The number of aryl methyl sites for hydroxylation is 1. The zero-order valence-electron chi connectivity index (χ0n) is 11.2. The van der Waals surface area contributed by atoms with Gasteiger partial charge in [-0.1, -0.05) is 28.1 Å². The highest BCUT2D eigenvalue weighted by Crippen LogP contribution is 2.23. The molecule has 4 heteroatoms. The summed E-state index contributed by atoms with van der Waals surface area (Å²) in [5.41, 5.74) is 1.16. The molecule has 1 aromatic carbocycles. The van der Waals surface area contributed by atoms with Gasteiger partial charge in [-0.25, -0.2) is 0 Å². The van der Waals surface area contributed by atoms with Crippen molar-refractivity contribution in [3.8, 4) is 5.75 Å². The summed E-state index contributed by atoms with van der Waals surface area (Å²) in [5, 5.41) is 5.51. The van der Waals surface area contributed by atoms with Crippen LogP contribution >= 0.6 is 27.3 Å². The Balaban J connectivity index is 1.80. The Morgan fingerprint density at radius 3 is 2.95 bits per heavy atom. The number of halogens is 1. The molecule has 0 aliphatic carbocycles. The summed E-state index contributed by atoms with van der Waals surface area (Å²) in [4.78, 5) is 1.35. The average molecular weight is 340 g/mol. The van der Waals surface area contributed by atoms with Crippen LogP contribution in [-0.4, -0.2) is 12.6 Å². The summed E-state index contributed by atoms with van der Waals surface area (Å²) in [7, 11) is 0. The normalized spacial score (nSPS) is 12.4. The number of hydrogen-bond acceptors (Lipinski definition) is 3. The van der Waals surface area contributed by atoms with Crippen LogP contribution in [0.4, 0.5) is 0 Å². The largest absolute Gasteiger partial charge is 0.489 e. The van der Waals surface area contributed by atoms with E-state index in [0.717, 1.165) is 28.9 Å². The number of ether oxygens (including phenoxy) is 1. The number of thiophene rings is 1. The number of nitrogens with one attached hydrogen (secondary N) is 1. The third-order valence-electron chi connectivity index (χ3n) is 2.79. The van der Waals surface area contributed by atoms with Crippen molar-refractivity contribution in [2.24, 2.45) is 0 Å². The van der Waals surface area contributed by atoms with Crippen molar-refractivity contribution in [1.82, 2.24) is 5.32 Å². The summed E-state index contributed by atoms with van der Waals surface area (Å²) in [5.74, 6) is 0.944. The molecule has 1 unspecified atom stereocenters. The SMILES string of the molecule is Cc1ccc(Br)cc1OC(C)CNCc1cccs1. The van der Waals surface area contributed by atoms with Gasteiger partial charge in [0.25, 0.3) is 0 Å². The van der Waals surface area contributed by atoms with Gasteiger partial charge in [0.2, 0.25) is 0 Å². The minimum Gasteiger partial charge on any atom is -0.489 e. The van der Waals surface area contributed by atoms with Crippen LogP contribution in [-0.2, 0) is 6.54 Å². The molecule has 2 aromatic rings. The topological polar surface area (TPSA) is 21.3 Å². The predicted octanol–water partition coefficient (Wildman–Crippen LogP) is 4.38. The maximum atomic E-state index is 5.96. The summed E-state index contributed by atoms with van der Waals surface area (Å²) >= 11 is 5.24. The second kappa shape index (κ2) is 7.08. The minimum atomic E-state index is 0.146. The molecule has 2 nitrogen and oxygen atoms in total. The van der Waals surface area contributed by atoms with Gasteiger partial charge in [0.15, 0.2) is 0 Å². The Morgan fingerprint density at radius 1 is 1.37 bits per heavy atom. The first-order valence-electron chi connectivity index (χ1n) is 6.31. The fourth-order valence-electron chi connectivity index (χ4n) is 1.77. The van der Waals surface area contributed by atoms with Gasteiger partial charge in [0.1, 0.15) is 11.9 Å². The highest BCUT2D eigenvalue weighted by atomic mass is 79.9. The molecule has 0 saturated carbocycles. The Bertz CT molecular complexity index is 513. The van der Waals surface area contributed by atoms with Crippen molar-refractivity contribution in [2.45, 2.75) is 26.5 Å². The Labute approximate surface area is 126 Å². The molecule has 0 aliphatic heterocycles. The van der Waals surface area contributed by atoms with E-state index in [1.807, 2.05) is 12.1 Å². The van der Waals surface area contributed by atoms with E-state index in [2.05, 4.69) is 58.7 Å². The smallest absolute Gasteiger partial charge is 0.123 e. The lowest BCUT2D eigenvalue weighted by Gasteiger charge is -2.17. The maximum absolute atomic E-state index is 5.96. The molecule has 0 bridgehead atoms. The summed E-state index contributed by atoms with van der Waals surface area (Å²) in [6, 6.07) is 10.3. The van der Waals surface area contributed by atoms with Gasteiger partial charge >= 0.3 is 0 Å². The third-order valence-corrected chi connectivity index (χ3v) is 4.16. The molecule has 0 aliphatic rings. The monoisotopic (exact) mass is 339 g/mol. The Morgan fingerprint density at radius 2 is 2.21 bits per heavy atom. The fraction of sp³-hybridized carbons (Fsp3) is 0.333. The number of rotatable bonds is 6. The van der Waals surface area contributed by atoms with Gasteiger partial charge in [-0.2, -0.15) is 0 Å². The lowest BCUT2D eigenvalue weighted by molar-refractivity contribution is 0.215. The molecular weight excluding hydrogens is 322 g/mol. The van der Waals surface area contributed by atoms with Gasteiger partial charge in [-0.15, -0.1) is 11.3 Å². The van der Waals surface area contributed by atoms with Crippen molar-refractivity contribution in [3.63, 3.8) is 0 Å². The molecule has 1 N–H and O–H groups in total. The van der Waals surface area contributed by atoms with E-state index < -0.39 is 0 Å². The second-order valence-electron chi connectivity index (χ2n) is 4.55. The third kappa shape index (κ3) is 4.64. The van der Waals surface area contributed by atoms with Crippen LogP contribution in [0, 0.1) is 6.92 Å². The first-order valence-corrected chi connectivity index (χ1v) is 7.98. The van der Waals surface area contributed by atoms with Gasteiger partial charge in [0, 0.05) is 22.4 Å². The van der Waals surface area contributed by atoms with Crippen molar-refractivity contribution < 1.29 is 4.74 Å². The minimum absolute atomic E-state index is 0.146. The Hall–Kier alpha value is -0.840. The van der Waals surface area contributed by atoms with Crippen molar-refractivity contribution in [3.05, 3.63) is 50.6 Å². The summed E-state index contributed by atoms with van der Waals surface area (Å²) in [6.07, 6.45) is 0.146. The lowest BCUT2D eigenvalue weighted by atomic mass is 10.2. The molecule has 0 saturated heterocycles. The number of hydrogen-bond donors (Lipinski definition) is 1. The fourth-order valence-corrected chi connectivity index (χ4v) is 2.79. The van der Waals surface area contributed by atoms with Crippen LogP contribution < -0.4 is 10.1 Å². The van der Waals surface area contributed by atoms with E-state index in [0.29, 0.717) is 0 Å². The average Bonchev–Trinajstić information content (AvgIpc) is 2.87. The second-order valence-corrected chi connectivity index (χ2v) is 6.50. The number of benzene rings is 1. The van der Waals surface area contributed by atoms with E-state index in [1.54, 1.807) is 11.3 Å². The molecular formula is C15H18BrNOS. The van der Waals surface area contributed by atoms with E-state index in [-0.39, 0.29) is 6.10 Å². The standard InChI is InChI=1S/C15H18BrNOS/c1-11-5-6-13(16)8-15(11)18-12(2)9-17-10-14-4-3-7-19-14/h3-8,12,17H,9-10H2,1-2H3. The Kier molecular flexibility index (Phi) is 5.43. The van der Waals surface area contributed by atoms with Crippen molar-refractivity contribution >= 4 is 27.3 Å². The zero-order chi connectivity index (χ0) is 13.7. The van der Waals surface area contributed by atoms with Crippen LogP contribution in [0.3, 0.4) is 0 Å². The van der Waals surface area contributed by atoms with E-state index in [1.165, 1.54) is 4.88 Å². The molecule has 19 heavy (non-hydrogen) atoms. The lowest BCUT2D eigenvalue weighted by Crippen LogP contribution is -2.28. The molecule has 0 spiro atoms. The summed E-state index contributed by atoms with van der Waals surface area (Å²) in [6.45, 7) is 5.89. The highest BCUT2D eigenvalue weighted by Gasteiger charge is 2.07. The molecule has 102 valence electrons. The van der Waals surface area contributed by atoms with Gasteiger partial charge in [0.05, 0.1) is 0 Å². The molecule has 0 fully saturated rings. The first kappa shape index (κ1) is 14.6. The molecule has 2 rings (SSSR count). The van der Waals surface area contributed by atoms with E-state index in [9.17, 15) is 0 Å². The summed E-state index contributed by atoms with van der Waals surface area (Å²) < 4.78 is 7.00. The van der Waals surface area contributed by atoms with Gasteiger partial charge in [-0.3, -0.25) is 0 Å². The van der Waals surface area contributed by atoms with Crippen molar-refractivity contribution in [1.29, 1.82) is 0 Å². The quantitative estimate of drug-likeness (QED) is 0.843. The van der Waals surface area contributed by atoms with E-state index >= 15 is 0 Å². The van der Waals surface area contributed by atoms with Gasteiger partial charge < -0.3 is 10.1 Å². The van der Waals surface area contributed by atoms with Crippen LogP contribution in [0.5, 0.6) is 5.75 Å². The highest BCUT2D eigenvalue weighted by molar-refractivity contribution is 9.10. The molecule has 1 aromatic heterocycles. The van der Waals surface area contributed by atoms with E-state index in [4.69, 9.17) is 4.74 Å². The van der Waals surface area contributed by atoms with Gasteiger partial charge in [-0.05, 0) is 43.0 Å². The maximum Gasteiger partial charge on any atom is 0.123 e. The molecule has 0 amide bonds. The molecule has 0 radical (unpaired) electrons. The molecule has 1 heterocycles. The van der Waals surface area contributed by atoms with Crippen LogP contribution in [0.1, 0.15) is 17.4 Å².